The minimum absolute atomic E-state index is 0.116. The molecule has 0 aromatic heterocycles. The van der Waals surface area contributed by atoms with E-state index >= 15 is 0 Å². The topological polar surface area (TPSA) is 84.9 Å². The number of carboxylic acid groups (broad SMARTS) is 1. The molecule has 0 heterocycles. The van der Waals surface area contributed by atoms with Gasteiger partial charge in [0, 0.05) is 6.42 Å². The van der Waals surface area contributed by atoms with E-state index in [0.717, 1.165) is 0 Å². The number of ether oxygens (including phenoxy) is 2. The molecule has 1 aromatic carbocycles. The molecule has 0 radical (unpaired) electrons. The molecule has 0 saturated carbocycles. The van der Waals surface area contributed by atoms with E-state index in [0.29, 0.717) is 17.9 Å². The molecule has 0 aliphatic heterocycles. The van der Waals surface area contributed by atoms with Gasteiger partial charge in [0.15, 0.2) is 0 Å². The van der Waals surface area contributed by atoms with E-state index in [4.69, 9.17) is 9.47 Å². The second-order valence-corrected chi connectivity index (χ2v) is 5.78. The highest BCUT2D eigenvalue weighted by molar-refractivity contribution is 5.80. The highest BCUT2D eigenvalue weighted by Gasteiger charge is 2.25. The Morgan fingerprint density at radius 2 is 1.91 bits per heavy atom. The van der Waals surface area contributed by atoms with Crippen LogP contribution in [0.25, 0.3) is 0 Å². The molecule has 6 heteroatoms. The van der Waals surface area contributed by atoms with Crippen LogP contribution in [0.3, 0.4) is 0 Å². The summed E-state index contributed by atoms with van der Waals surface area (Å²) in [6.45, 7) is 7.48. The average molecular weight is 309 g/mol. The zero-order chi connectivity index (χ0) is 16.8. The summed E-state index contributed by atoms with van der Waals surface area (Å²) in [7, 11) is 0. The van der Waals surface area contributed by atoms with Crippen LogP contribution in [0.4, 0.5) is 4.79 Å². The number of carbonyl (C=O) groups excluding carboxylic acids is 1. The maximum atomic E-state index is 11.7. The lowest BCUT2D eigenvalue weighted by molar-refractivity contribution is -0.139. The Bertz CT molecular complexity index is 522. The molecule has 0 spiro atoms. The summed E-state index contributed by atoms with van der Waals surface area (Å²) in [5.74, 6) is -0.514. The molecule has 0 aliphatic rings. The van der Waals surface area contributed by atoms with Crippen LogP contribution < -0.4 is 10.1 Å². The molecule has 2 N–H and O–H groups in total. The van der Waals surface area contributed by atoms with Gasteiger partial charge in [0.05, 0.1) is 6.61 Å². The summed E-state index contributed by atoms with van der Waals surface area (Å²) in [5, 5.41) is 11.7. The van der Waals surface area contributed by atoms with Crippen molar-refractivity contribution in [3.8, 4) is 5.75 Å². The van der Waals surface area contributed by atoms with Crippen LogP contribution in [0.2, 0.25) is 0 Å². The fourth-order valence-corrected chi connectivity index (χ4v) is 1.84. The number of aliphatic carboxylic acids is 1. The largest absolute Gasteiger partial charge is 0.494 e. The number of para-hydroxylation sites is 1. The van der Waals surface area contributed by atoms with Gasteiger partial charge in [-0.15, -0.1) is 0 Å². The van der Waals surface area contributed by atoms with E-state index in [-0.39, 0.29) is 6.42 Å². The maximum absolute atomic E-state index is 11.7. The number of alkyl carbamates (subject to hydrolysis) is 1. The highest BCUT2D eigenvalue weighted by atomic mass is 16.6. The Kier molecular flexibility index (Phi) is 6.22. The molecule has 0 saturated heterocycles. The molecular formula is C16H23NO5. The van der Waals surface area contributed by atoms with Crippen LogP contribution >= 0.6 is 0 Å². The molecule has 0 fully saturated rings. The van der Waals surface area contributed by atoms with Gasteiger partial charge in [-0.3, -0.25) is 0 Å². The van der Waals surface area contributed by atoms with Gasteiger partial charge < -0.3 is 19.9 Å². The first kappa shape index (κ1) is 17.8. The van der Waals surface area contributed by atoms with Gasteiger partial charge in [-0.05, 0) is 39.3 Å². The summed E-state index contributed by atoms with van der Waals surface area (Å²) in [4.78, 5) is 23.1. The van der Waals surface area contributed by atoms with Gasteiger partial charge in [-0.1, -0.05) is 18.2 Å². The summed E-state index contributed by atoms with van der Waals surface area (Å²) in [6.07, 6.45) is -0.640. The second kappa shape index (κ2) is 7.68. The van der Waals surface area contributed by atoms with Crippen molar-refractivity contribution in [1.29, 1.82) is 0 Å². The van der Waals surface area contributed by atoms with Crippen molar-refractivity contribution in [3.05, 3.63) is 29.8 Å². The van der Waals surface area contributed by atoms with E-state index in [1.54, 1.807) is 39.0 Å². The number of rotatable bonds is 6. The third-order valence-electron chi connectivity index (χ3n) is 2.69. The predicted molar refractivity (Wildman–Crippen MR) is 82.1 cm³/mol. The lowest BCUT2D eigenvalue weighted by atomic mass is 10.1. The van der Waals surface area contributed by atoms with Crippen LogP contribution in [0.5, 0.6) is 5.75 Å². The van der Waals surface area contributed by atoms with Crippen LogP contribution in [-0.2, 0) is 16.0 Å². The fourth-order valence-electron chi connectivity index (χ4n) is 1.84. The Morgan fingerprint density at radius 1 is 1.27 bits per heavy atom. The Labute approximate surface area is 130 Å². The van der Waals surface area contributed by atoms with Crippen molar-refractivity contribution >= 4 is 12.1 Å². The lowest BCUT2D eigenvalue weighted by Crippen LogP contribution is -2.44. The van der Waals surface area contributed by atoms with Gasteiger partial charge in [-0.25, -0.2) is 9.59 Å². The lowest BCUT2D eigenvalue weighted by Gasteiger charge is -2.22. The average Bonchev–Trinajstić information content (AvgIpc) is 2.38. The van der Waals surface area contributed by atoms with Crippen molar-refractivity contribution in [2.24, 2.45) is 0 Å². The summed E-state index contributed by atoms with van der Waals surface area (Å²) < 4.78 is 10.6. The second-order valence-electron chi connectivity index (χ2n) is 5.78. The molecule has 1 amide bonds. The number of hydrogen-bond acceptors (Lipinski definition) is 4. The molecular weight excluding hydrogens is 286 g/mol. The zero-order valence-electron chi connectivity index (χ0n) is 13.4. The first-order valence-corrected chi connectivity index (χ1v) is 7.16. The molecule has 1 rings (SSSR count). The molecule has 6 nitrogen and oxygen atoms in total. The SMILES string of the molecule is CCOc1ccccc1CC(NC(=O)OC(C)(C)C)C(=O)O. The van der Waals surface area contributed by atoms with Crippen LogP contribution in [0.1, 0.15) is 33.3 Å². The van der Waals surface area contributed by atoms with Crippen LogP contribution in [-0.4, -0.2) is 35.4 Å². The van der Waals surface area contributed by atoms with E-state index in [1.807, 2.05) is 13.0 Å². The van der Waals surface area contributed by atoms with Crippen molar-refractivity contribution in [1.82, 2.24) is 5.32 Å². The van der Waals surface area contributed by atoms with E-state index in [1.165, 1.54) is 0 Å². The summed E-state index contributed by atoms with van der Waals surface area (Å²) in [5.41, 5.74) is 0.0314. The van der Waals surface area contributed by atoms with Gasteiger partial charge in [-0.2, -0.15) is 0 Å². The monoisotopic (exact) mass is 309 g/mol. The molecule has 1 atom stereocenters. The van der Waals surface area contributed by atoms with Crippen molar-refractivity contribution < 1.29 is 24.2 Å². The minimum atomic E-state index is -1.13. The third-order valence-corrected chi connectivity index (χ3v) is 2.69. The predicted octanol–water partition coefficient (Wildman–Crippen LogP) is 2.61. The van der Waals surface area contributed by atoms with Gasteiger partial charge in [0.25, 0.3) is 0 Å². The fraction of sp³-hybridized carbons (Fsp3) is 0.500. The molecule has 1 unspecified atom stereocenters. The van der Waals surface area contributed by atoms with Crippen molar-refractivity contribution in [2.45, 2.75) is 45.8 Å². The normalized spacial score (nSPS) is 12.4. The number of benzene rings is 1. The summed E-state index contributed by atoms with van der Waals surface area (Å²) >= 11 is 0. The van der Waals surface area contributed by atoms with Gasteiger partial charge >= 0.3 is 12.1 Å². The van der Waals surface area contributed by atoms with Gasteiger partial charge in [0.1, 0.15) is 17.4 Å². The minimum Gasteiger partial charge on any atom is -0.494 e. The maximum Gasteiger partial charge on any atom is 0.408 e. The number of nitrogens with one attached hydrogen (secondary N) is 1. The van der Waals surface area contributed by atoms with E-state index in [2.05, 4.69) is 5.32 Å². The highest BCUT2D eigenvalue weighted by Crippen LogP contribution is 2.20. The number of carboxylic acids is 1. The zero-order valence-corrected chi connectivity index (χ0v) is 13.4. The quantitative estimate of drug-likeness (QED) is 0.843. The molecule has 22 heavy (non-hydrogen) atoms. The van der Waals surface area contributed by atoms with E-state index in [9.17, 15) is 14.7 Å². The van der Waals surface area contributed by atoms with Crippen molar-refractivity contribution in [3.63, 3.8) is 0 Å². The summed E-state index contributed by atoms with van der Waals surface area (Å²) in [6, 6.07) is 6.06. The Hall–Kier alpha value is -2.24. The van der Waals surface area contributed by atoms with Crippen molar-refractivity contribution in [2.75, 3.05) is 6.61 Å². The van der Waals surface area contributed by atoms with Crippen LogP contribution in [0, 0.1) is 0 Å². The standard InChI is InChI=1S/C16H23NO5/c1-5-21-13-9-7-6-8-11(13)10-12(14(18)19)17-15(20)22-16(2,3)4/h6-9,12H,5,10H2,1-4H3,(H,17,20)(H,18,19). The molecule has 1 aromatic rings. The Morgan fingerprint density at radius 3 is 2.45 bits per heavy atom. The first-order valence-electron chi connectivity index (χ1n) is 7.16. The number of hydrogen-bond donors (Lipinski definition) is 2. The smallest absolute Gasteiger partial charge is 0.408 e. The first-order chi connectivity index (χ1) is 10.2. The van der Waals surface area contributed by atoms with Gasteiger partial charge in [0.2, 0.25) is 0 Å². The number of amides is 1. The Balaban J connectivity index is 2.81. The molecule has 122 valence electrons. The number of carbonyl (C=O) groups is 2. The third kappa shape index (κ3) is 6.03. The molecule has 0 aliphatic carbocycles. The van der Waals surface area contributed by atoms with Crippen LogP contribution in [0.15, 0.2) is 24.3 Å². The van der Waals surface area contributed by atoms with E-state index < -0.39 is 23.7 Å². The molecule has 0 bridgehead atoms.